The lowest BCUT2D eigenvalue weighted by atomic mass is 9.88. The van der Waals surface area contributed by atoms with Crippen molar-refractivity contribution in [2.45, 2.75) is 13.8 Å². The van der Waals surface area contributed by atoms with Crippen LogP contribution in [0.3, 0.4) is 0 Å². The molecule has 22 heavy (non-hydrogen) atoms. The van der Waals surface area contributed by atoms with E-state index in [0.717, 1.165) is 35.2 Å². The Morgan fingerprint density at radius 3 is 2.68 bits per heavy atom. The van der Waals surface area contributed by atoms with Crippen LogP contribution in [0, 0.1) is 18.8 Å². The SMILES string of the molecule is Cc1ccc(NC(=O)C(C)C2CNC2)c2cccnc12.Cl.Cl. The lowest BCUT2D eigenvalue weighted by Gasteiger charge is -2.31. The molecule has 0 saturated carbocycles. The van der Waals surface area contributed by atoms with Crippen LogP contribution in [0.5, 0.6) is 0 Å². The first-order valence-electron chi connectivity index (χ1n) is 7.02. The summed E-state index contributed by atoms with van der Waals surface area (Å²) >= 11 is 0. The molecule has 1 aromatic heterocycles. The van der Waals surface area contributed by atoms with Crippen molar-refractivity contribution in [3.8, 4) is 0 Å². The van der Waals surface area contributed by atoms with Crippen LogP contribution >= 0.6 is 24.8 Å². The van der Waals surface area contributed by atoms with Crippen molar-refractivity contribution < 1.29 is 4.79 Å². The normalized spacial score (nSPS) is 15.2. The minimum absolute atomic E-state index is 0. The van der Waals surface area contributed by atoms with Crippen molar-refractivity contribution in [1.29, 1.82) is 0 Å². The van der Waals surface area contributed by atoms with Gasteiger partial charge in [-0.1, -0.05) is 13.0 Å². The van der Waals surface area contributed by atoms with Gasteiger partial charge in [0.15, 0.2) is 0 Å². The van der Waals surface area contributed by atoms with Gasteiger partial charge in [0.2, 0.25) is 5.91 Å². The molecule has 1 fully saturated rings. The molecule has 0 spiro atoms. The molecular weight excluding hydrogens is 321 g/mol. The zero-order valence-corrected chi connectivity index (χ0v) is 14.3. The van der Waals surface area contributed by atoms with Gasteiger partial charge in [0, 0.05) is 17.5 Å². The third kappa shape index (κ3) is 3.51. The highest BCUT2D eigenvalue weighted by Gasteiger charge is 2.28. The molecule has 0 radical (unpaired) electrons. The number of anilines is 1. The number of hydrogen-bond acceptors (Lipinski definition) is 3. The summed E-state index contributed by atoms with van der Waals surface area (Å²) in [6, 6.07) is 7.86. The highest BCUT2D eigenvalue weighted by molar-refractivity contribution is 6.02. The van der Waals surface area contributed by atoms with Crippen molar-refractivity contribution in [1.82, 2.24) is 10.3 Å². The van der Waals surface area contributed by atoms with Crippen molar-refractivity contribution in [3.05, 3.63) is 36.0 Å². The average Bonchev–Trinajstić information content (AvgIpc) is 2.40. The van der Waals surface area contributed by atoms with Gasteiger partial charge in [0.25, 0.3) is 0 Å². The van der Waals surface area contributed by atoms with Crippen molar-refractivity contribution in [2.75, 3.05) is 18.4 Å². The predicted molar refractivity (Wildman–Crippen MR) is 95.1 cm³/mol. The lowest BCUT2D eigenvalue weighted by molar-refractivity contribution is -0.121. The van der Waals surface area contributed by atoms with E-state index in [9.17, 15) is 4.79 Å². The van der Waals surface area contributed by atoms with Gasteiger partial charge in [-0.3, -0.25) is 9.78 Å². The minimum atomic E-state index is 0. The van der Waals surface area contributed by atoms with E-state index in [0.29, 0.717) is 5.92 Å². The van der Waals surface area contributed by atoms with Gasteiger partial charge in [0.1, 0.15) is 0 Å². The van der Waals surface area contributed by atoms with Gasteiger partial charge >= 0.3 is 0 Å². The summed E-state index contributed by atoms with van der Waals surface area (Å²) in [4.78, 5) is 16.7. The Balaban J connectivity index is 0.00000121. The topological polar surface area (TPSA) is 54.0 Å². The van der Waals surface area contributed by atoms with E-state index in [1.54, 1.807) is 6.20 Å². The van der Waals surface area contributed by atoms with E-state index < -0.39 is 0 Å². The maximum Gasteiger partial charge on any atom is 0.227 e. The Kier molecular flexibility index (Phi) is 6.60. The maximum absolute atomic E-state index is 12.3. The van der Waals surface area contributed by atoms with Crippen LogP contribution in [0.25, 0.3) is 10.9 Å². The Morgan fingerprint density at radius 1 is 1.32 bits per heavy atom. The summed E-state index contributed by atoms with van der Waals surface area (Å²) in [5, 5.41) is 7.26. The van der Waals surface area contributed by atoms with E-state index in [1.807, 2.05) is 38.1 Å². The molecule has 4 nitrogen and oxygen atoms in total. The van der Waals surface area contributed by atoms with E-state index in [-0.39, 0.29) is 36.6 Å². The van der Waals surface area contributed by atoms with E-state index >= 15 is 0 Å². The number of fused-ring (bicyclic) bond motifs is 1. The van der Waals surface area contributed by atoms with E-state index in [1.165, 1.54) is 0 Å². The first-order chi connectivity index (χ1) is 9.66. The van der Waals surface area contributed by atoms with E-state index in [4.69, 9.17) is 0 Å². The van der Waals surface area contributed by atoms with Gasteiger partial charge in [-0.15, -0.1) is 24.8 Å². The fourth-order valence-electron chi connectivity index (χ4n) is 2.55. The smallest absolute Gasteiger partial charge is 0.227 e. The maximum atomic E-state index is 12.3. The molecule has 1 unspecified atom stereocenters. The number of carbonyl (C=O) groups is 1. The molecule has 2 heterocycles. The highest BCUT2D eigenvalue weighted by Crippen LogP contribution is 2.26. The third-order valence-electron chi connectivity index (χ3n) is 4.16. The fourth-order valence-corrected chi connectivity index (χ4v) is 2.55. The summed E-state index contributed by atoms with van der Waals surface area (Å²) in [7, 11) is 0. The van der Waals surface area contributed by atoms with Crippen molar-refractivity contribution >= 4 is 47.3 Å². The van der Waals surface area contributed by atoms with Crippen molar-refractivity contribution in [3.63, 3.8) is 0 Å². The highest BCUT2D eigenvalue weighted by atomic mass is 35.5. The quantitative estimate of drug-likeness (QED) is 0.901. The molecule has 120 valence electrons. The zero-order valence-electron chi connectivity index (χ0n) is 12.6. The van der Waals surface area contributed by atoms with Crippen LogP contribution in [0.4, 0.5) is 5.69 Å². The Hall–Kier alpha value is -1.36. The number of amides is 1. The Labute approximate surface area is 142 Å². The lowest BCUT2D eigenvalue weighted by Crippen LogP contribution is -2.48. The zero-order chi connectivity index (χ0) is 14.1. The second kappa shape index (κ2) is 7.77. The van der Waals surface area contributed by atoms with Gasteiger partial charge in [0.05, 0.1) is 11.2 Å². The molecule has 1 atom stereocenters. The first kappa shape index (κ1) is 18.7. The van der Waals surface area contributed by atoms with E-state index in [2.05, 4.69) is 15.6 Å². The standard InChI is InChI=1S/C16H19N3O.2ClH/c1-10-5-6-14(13-4-3-7-18-15(10)13)19-16(20)11(2)12-8-17-9-12;;/h3-7,11-12,17H,8-9H2,1-2H3,(H,19,20);2*1H. The molecular formula is C16H21Cl2N3O. The van der Waals surface area contributed by atoms with Crippen LogP contribution in [-0.2, 0) is 4.79 Å². The summed E-state index contributed by atoms with van der Waals surface area (Å²) in [5.74, 6) is 0.569. The third-order valence-corrected chi connectivity index (χ3v) is 4.16. The molecule has 3 rings (SSSR count). The van der Waals surface area contributed by atoms with Crippen LogP contribution in [0.2, 0.25) is 0 Å². The molecule has 0 bridgehead atoms. The number of aromatic nitrogens is 1. The Morgan fingerprint density at radius 2 is 2.05 bits per heavy atom. The molecule has 2 aromatic rings. The molecule has 1 amide bonds. The van der Waals surface area contributed by atoms with Crippen LogP contribution < -0.4 is 10.6 Å². The first-order valence-corrected chi connectivity index (χ1v) is 7.02. The largest absolute Gasteiger partial charge is 0.325 e. The number of nitrogens with one attached hydrogen (secondary N) is 2. The molecule has 1 aromatic carbocycles. The fraction of sp³-hybridized carbons (Fsp3) is 0.375. The molecule has 0 aliphatic carbocycles. The minimum Gasteiger partial charge on any atom is -0.325 e. The molecule has 1 aliphatic heterocycles. The van der Waals surface area contributed by atoms with Crippen molar-refractivity contribution in [2.24, 2.45) is 11.8 Å². The van der Waals surface area contributed by atoms with Gasteiger partial charge < -0.3 is 10.6 Å². The summed E-state index contributed by atoms with van der Waals surface area (Å²) in [6.07, 6.45) is 1.78. The van der Waals surface area contributed by atoms with Gasteiger partial charge in [-0.25, -0.2) is 0 Å². The van der Waals surface area contributed by atoms with Crippen LogP contribution in [0.15, 0.2) is 30.5 Å². The van der Waals surface area contributed by atoms with Crippen LogP contribution in [0.1, 0.15) is 12.5 Å². The number of carbonyl (C=O) groups excluding carboxylic acids is 1. The predicted octanol–water partition coefficient (Wildman–Crippen LogP) is 3.18. The summed E-state index contributed by atoms with van der Waals surface area (Å²) in [5.41, 5.74) is 2.92. The number of nitrogens with zero attached hydrogens (tertiary/aromatic N) is 1. The number of rotatable bonds is 3. The molecule has 6 heteroatoms. The number of benzene rings is 1. The van der Waals surface area contributed by atoms with Gasteiger partial charge in [-0.05, 0) is 49.7 Å². The number of pyridine rings is 1. The number of halogens is 2. The Bertz CT molecular complexity index is 659. The number of hydrogen-bond donors (Lipinski definition) is 2. The van der Waals surface area contributed by atoms with Crippen LogP contribution in [-0.4, -0.2) is 24.0 Å². The number of aryl methyl sites for hydroxylation is 1. The second-order valence-corrected chi connectivity index (χ2v) is 5.53. The molecule has 1 aliphatic rings. The van der Waals surface area contributed by atoms with Gasteiger partial charge in [-0.2, -0.15) is 0 Å². The monoisotopic (exact) mass is 341 g/mol. The second-order valence-electron chi connectivity index (χ2n) is 5.53. The molecule has 2 N–H and O–H groups in total. The average molecular weight is 342 g/mol. The summed E-state index contributed by atoms with van der Waals surface area (Å²) < 4.78 is 0. The molecule has 1 saturated heterocycles. The summed E-state index contributed by atoms with van der Waals surface area (Å²) in [6.45, 7) is 5.90.